The van der Waals surface area contributed by atoms with E-state index < -0.39 is 0 Å². The highest BCUT2D eigenvalue weighted by Crippen LogP contribution is 2.16. The Morgan fingerprint density at radius 1 is 0.344 bits per heavy atom. The van der Waals surface area contributed by atoms with Crippen molar-refractivity contribution in [2.45, 2.75) is 180 Å². The molecule has 0 aromatic carbocycles. The molecule has 0 aliphatic rings. The van der Waals surface area contributed by atoms with Crippen LogP contribution in [0.5, 0.6) is 0 Å². The smallest absolute Gasteiger partial charge is 0.0465 e. The number of ether oxygens (including phenoxy) is 1. The molecule has 193 valence electrons. The average molecular weight is 452 g/mol. The Hall–Kier alpha value is -0.0400. The van der Waals surface area contributed by atoms with Gasteiger partial charge in [-0.1, -0.05) is 174 Å². The highest BCUT2D eigenvalue weighted by atomic mass is 16.5. The Labute approximate surface area is 205 Å². The summed E-state index contributed by atoms with van der Waals surface area (Å²) in [5, 5.41) is 0. The van der Waals surface area contributed by atoms with Crippen molar-refractivity contribution in [3.8, 4) is 0 Å². The van der Waals surface area contributed by atoms with E-state index in [9.17, 15) is 0 Å². The number of hydrogen-bond acceptors (Lipinski definition) is 1. The minimum atomic E-state index is 0.873. The van der Waals surface area contributed by atoms with Crippen molar-refractivity contribution in [3.05, 3.63) is 6.92 Å². The van der Waals surface area contributed by atoms with Crippen LogP contribution in [-0.2, 0) is 4.74 Å². The lowest BCUT2D eigenvalue weighted by atomic mass is 10.0. The standard InChI is InChI=1S/C31H63O/c1-3-5-6-7-8-9-10-11-12-13-14-15-16-17-18-19-20-21-22-23-24-25-26-27-28-29-30-31-32-4-2/h1,3-31H2,2H3. The maximum atomic E-state index is 5.39. The molecule has 1 heteroatoms. The van der Waals surface area contributed by atoms with Gasteiger partial charge in [-0.3, -0.25) is 0 Å². The van der Waals surface area contributed by atoms with E-state index in [2.05, 4.69) is 13.8 Å². The number of hydrogen-bond donors (Lipinski definition) is 0. The first-order chi connectivity index (χ1) is 15.9. The molecule has 0 N–H and O–H groups in total. The quantitative estimate of drug-likeness (QED) is 0.103. The first-order valence-corrected chi connectivity index (χ1v) is 15.3. The third kappa shape index (κ3) is 30.0. The fourth-order valence-electron chi connectivity index (χ4n) is 4.77. The zero-order valence-electron chi connectivity index (χ0n) is 22.6. The van der Waals surface area contributed by atoms with Crippen molar-refractivity contribution in [3.63, 3.8) is 0 Å². The Kier molecular flexibility index (Phi) is 30.9. The number of rotatable bonds is 29. The SMILES string of the molecule is [CH2]CCCCCCCCCCCCCCCCCCCCCCCCCCCCOCC. The molecular formula is C31H63O. The van der Waals surface area contributed by atoms with E-state index in [-0.39, 0.29) is 0 Å². The second-order valence-corrected chi connectivity index (χ2v) is 10.2. The zero-order valence-corrected chi connectivity index (χ0v) is 22.6. The van der Waals surface area contributed by atoms with Crippen molar-refractivity contribution in [1.82, 2.24) is 0 Å². The van der Waals surface area contributed by atoms with Gasteiger partial charge in [0.2, 0.25) is 0 Å². The van der Waals surface area contributed by atoms with Gasteiger partial charge >= 0.3 is 0 Å². The van der Waals surface area contributed by atoms with Crippen LogP contribution in [0.2, 0.25) is 0 Å². The zero-order chi connectivity index (χ0) is 23.2. The molecule has 0 rings (SSSR count). The first kappa shape index (κ1) is 32.0. The van der Waals surface area contributed by atoms with Gasteiger partial charge in [0, 0.05) is 13.2 Å². The van der Waals surface area contributed by atoms with E-state index in [1.807, 2.05) is 0 Å². The van der Waals surface area contributed by atoms with Gasteiger partial charge in [-0.05, 0) is 13.3 Å². The summed E-state index contributed by atoms with van der Waals surface area (Å²) in [7, 11) is 0. The van der Waals surface area contributed by atoms with Gasteiger partial charge < -0.3 is 4.74 Å². The maximum Gasteiger partial charge on any atom is 0.0465 e. The molecule has 0 saturated carbocycles. The predicted octanol–water partition coefficient (Wildman–Crippen LogP) is 11.4. The lowest BCUT2D eigenvalue weighted by molar-refractivity contribution is 0.143. The van der Waals surface area contributed by atoms with Gasteiger partial charge in [-0.15, -0.1) is 0 Å². The van der Waals surface area contributed by atoms with Crippen LogP contribution in [0.4, 0.5) is 0 Å². The molecule has 0 bridgehead atoms. The lowest BCUT2D eigenvalue weighted by Gasteiger charge is -2.04. The summed E-state index contributed by atoms with van der Waals surface area (Å²) in [6.45, 7) is 7.84. The molecule has 0 spiro atoms. The summed E-state index contributed by atoms with van der Waals surface area (Å²) in [5.41, 5.74) is 0. The Balaban J connectivity index is 2.98. The molecule has 0 saturated heterocycles. The largest absolute Gasteiger partial charge is 0.382 e. The Morgan fingerprint density at radius 2 is 0.562 bits per heavy atom. The molecule has 1 radical (unpaired) electrons. The third-order valence-corrected chi connectivity index (χ3v) is 6.99. The second-order valence-electron chi connectivity index (χ2n) is 10.2. The van der Waals surface area contributed by atoms with Crippen LogP contribution >= 0.6 is 0 Å². The van der Waals surface area contributed by atoms with E-state index in [1.165, 1.54) is 167 Å². The molecule has 0 aromatic heterocycles. The first-order valence-electron chi connectivity index (χ1n) is 15.3. The van der Waals surface area contributed by atoms with E-state index in [0.29, 0.717) is 0 Å². The Morgan fingerprint density at radius 3 is 0.781 bits per heavy atom. The minimum absolute atomic E-state index is 0.873. The topological polar surface area (TPSA) is 9.23 Å². The van der Waals surface area contributed by atoms with Crippen molar-refractivity contribution in [2.75, 3.05) is 13.2 Å². The fraction of sp³-hybridized carbons (Fsp3) is 0.968. The maximum absolute atomic E-state index is 5.39. The highest BCUT2D eigenvalue weighted by Gasteiger charge is 1.96. The molecule has 0 fully saturated rings. The summed E-state index contributed by atoms with van der Waals surface area (Å²) in [6.07, 6.45) is 38.8. The molecule has 0 aliphatic heterocycles. The van der Waals surface area contributed by atoms with E-state index in [0.717, 1.165) is 19.6 Å². The summed E-state index contributed by atoms with van der Waals surface area (Å²) in [5.74, 6) is 0. The van der Waals surface area contributed by atoms with Gasteiger partial charge in [-0.25, -0.2) is 0 Å². The second kappa shape index (κ2) is 31.0. The van der Waals surface area contributed by atoms with Crippen molar-refractivity contribution in [2.24, 2.45) is 0 Å². The van der Waals surface area contributed by atoms with Crippen LogP contribution in [-0.4, -0.2) is 13.2 Å². The normalized spacial score (nSPS) is 11.4. The van der Waals surface area contributed by atoms with Crippen LogP contribution in [0.3, 0.4) is 0 Å². The van der Waals surface area contributed by atoms with E-state index in [1.54, 1.807) is 0 Å². The van der Waals surface area contributed by atoms with Gasteiger partial charge in [-0.2, -0.15) is 0 Å². The van der Waals surface area contributed by atoms with Crippen molar-refractivity contribution < 1.29 is 4.74 Å². The molecule has 0 heterocycles. The van der Waals surface area contributed by atoms with Gasteiger partial charge in [0.1, 0.15) is 0 Å². The van der Waals surface area contributed by atoms with Gasteiger partial charge in [0.25, 0.3) is 0 Å². The lowest BCUT2D eigenvalue weighted by Crippen LogP contribution is -1.92. The monoisotopic (exact) mass is 451 g/mol. The van der Waals surface area contributed by atoms with Crippen LogP contribution in [0.25, 0.3) is 0 Å². The third-order valence-electron chi connectivity index (χ3n) is 6.99. The molecule has 0 amide bonds. The molecule has 0 aromatic rings. The minimum Gasteiger partial charge on any atom is -0.382 e. The summed E-state index contributed by atoms with van der Waals surface area (Å²) >= 11 is 0. The molecule has 0 atom stereocenters. The summed E-state index contributed by atoms with van der Waals surface area (Å²) in [6, 6.07) is 0. The van der Waals surface area contributed by atoms with E-state index in [4.69, 9.17) is 4.74 Å². The molecule has 32 heavy (non-hydrogen) atoms. The summed E-state index contributed by atoms with van der Waals surface area (Å²) < 4.78 is 5.39. The van der Waals surface area contributed by atoms with Crippen LogP contribution in [0, 0.1) is 6.92 Å². The molecule has 0 aliphatic carbocycles. The van der Waals surface area contributed by atoms with Crippen molar-refractivity contribution in [1.29, 1.82) is 0 Å². The summed E-state index contributed by atoms with van der Waals surface area (Å²) in [4.78, 5) is 0. The van der Waals surface area contributed by atoms with Crippen molar-refractivity contribution >= 4 is 0 Å². The fourth-order valence-corrected chi connectivity index (χ4v) is 4.77. The van der Waals surface area contributed by atoms with Crippen LogP contribution in [0.1, 0.15) is 180 Å². The Bertz CT molecular complexity index is 271. The predicted molar refractivity (Wildman–Crippen MR) is 147 cm³/mol. The molecule has 0 unspecified atom stereocenters. The van der Waals surface area contributed by atoms with E-state index >= 15 is 0 Å². The molecular weight excluding hydrogens is 388 g/mol. The highest BCUT2D eigenvalue weighted by molar-refractivity contribution is 4.52. The van der Waals surface area contributed by atoms with Gasteiger partial charge in [0.15, 0.2) is 0 Å². The molecule has 1 nitrogen and oxygen atoms in total. The average Bonchev–Trinajstić information content (AvgIpc) is 2.81. The van der Waals surface area contributed by atoms with Crippen LogP contribution in [0.15, 0.2) is 0 Å². The number of unbranched alkanes of at least 4 members (excludes halogenated alkanes) is 26. The van der Waals surface area contributed by atoms with Gasteiger partial charge in [0.05, 0.1) is 0 Å². The van der Waals surface area contributed by atoms with Crippen LogP contribution < -0.4 is 0 Å².